The molecule has 1 aliphatic carbocycles. The van der Waals surface area contributed by atoms with Crippen molar-refractivity contribution in [3.8, 4) is 0 Å². The quantitative estimate of drug-likeness (QED) is 0.270. The lowest BCUT2D eigenvalue weighted by atomic mass is 9.70. The molecule has 1 saturated carbocycles. The lowest BCUT2D eigenvalue weighted by Crippen LogP contribution is -2.59. The van der Waals surface area contributed by atoms with Crippen molar-refractivity contribution >= 4 is 33.7 Å². The van der Waals surface area contributed by atoms with Crippen LogP contribution in [0.2, 0.25) is 0 Å². The first kappa shape index (κ1) is 27.3. The average Bonchev–Trinajstić information content (AvgIpc) is 3.52. The van der Waals surface area contributed by atoms with Crippen LogP contribution < -0.4 is 0 Å². The molecule has 206 valence electrons. The fraction of sp³-hybridized carbons (Fsp3) is 0.621. The molecule has 0 aromatic heterocycles. The predicted octanol–water partition coefficient (Wildman–Crippen LogP) is 3.38. The van der Waals surface area contributed by atoms with Gasteiger partial charge in [-0.05, 0) is 31.7 Å². The molecule has 3 aliphatic heterocycles. The minimum Gasteiger partial charge on any atom is -0.466 e. The van der Waals surface area contributed by atoms with Gasteiger partial charge < -0.3 is 24.4 Å². The van der Waals surface area contributed by atoms with E-state index in [2.05, 4.69) is 22.5 Å². The number of hydrogen-bond acceptors (Lipinski definition) is 6. The number of aliphatic hydroxyl groups is 1. The van der Waals surface area contributed by atoms with Crippen LogP contribution >= 0.6 is 15.9 Å². The number of carbonyl (C=O) groups excluding carboxylic acids is 3. The molecule has 9 heteroatoms. The topological polar surface area (TPSA) is 96.4 Å². The van der Waals surface area contributed by atoms with Crippen molar-refractivity contribution in [1.29, 1.82) is 0 Å². The molecule has 7 atom stereocenters. The molecule has 3 heterocycles. The number of halogens is 1. The number of alkyl halides is 1. The van der Waals surface area contributed by atoms with Crippen LogP contribution in [0.25, 0.3) is 0 Å². The van der Waals surface area contributed by atoms with Gasteiger partial charge in [0.15, 0.2) is 0 Å². The number of ether oxygens (including phenoxy) is 2. The van der Waals surface area contributed by atoms with E-state index in [9.17, 15) is 19.5 Å². The van der Waals surface area contributed by atoms with E-state index in [0.717, 1.165) is 37.7 Å². The first-order valence-corrected chi connectivity index (χ1v) is 14.7. The van der Waals surface area contributed by atoms with Crippen LogP contribution in [0.15, 0.2) is 43.0 Å². The van der Waals surface area contributed by atoms with Gasteiger partial charge in [0.1, 0.15) is 11.6 Å². The van der Waals surface area contributed by atoms with Crippen LogP contribution in [-0.4, -0.2) is 81.1 Å². The Labute approximate surface area is 232 Å². The van der Waals surface area contributed by atoms with Gasteiger partial charge in [-0.15, -0.1) is 6.58 Å². The second kappa shape index (κ2) is 11.1. The number of fused-ring (bicyclic) bond motifs is 1. The van der Waals surface area contributed by atoms with Crippen LogP contribution in [0.3, 0.4) is 0 Å². The Kier molecular flexibility index (Phi) is 7.99. The summed E-state index contributed by atoms with van der Waals surface area (Å²) in [5, 5.41) is 10.6. The number of rotatable bonds is 9. The van der Waals surface area contributed by atoms with Gasteiger partial charge in [0, 0.05) is 17.4 Å². The minimum atomic E-state index is -1.19. The van der Waals surface area contributed by atoms with Gasteiger partial charge >= 0.3 is 5.97 Å². The number of esters is 1. The zero-order valence-corrected chi connectivity index (χ0v) is 23.4. The molecule has 3 unspecified atom stereocenters. The van der Waals surface area contributed by atoms with Crippen molar-refractivity contribution in [2.24, 2.45) is 11.8 Å². The van der Waals surface area contributed by atoms with Gasteiger partial charge in [-0.2, -0.15) is 0 Å². The van der Waals surface area contributed by atoms with E-state index in [4.69, 9.17) is 9.47 Å². The number of nitrogens with zero attached hydrogens (tertiary/aromatic N) is 2. The van der Waals surface area contributed by atoms with Gasteiger partial charge in [0.05, 0.1) is 37.2 Å². The van der Waals surface area contributed by atoms with Crippen molar-refractivity contribution in [2.75, 3.05) is 19.8 Å². The second-order valence-corrected chi connectivity index (χ2v) is 12.0. The molecule has 2 amide bonds. The first-order chi connectivity index (χ1) is 18.4. The standard InChI is InChI=1S/C29H37BrN2O6/c1-3-15-31(19-13-9-6-10-14-19)27(35)25-29-16-20(30)24(38-29)22(28(36)37-4-2)23(29)26(34)32(25)21(17-33)18-11-7-5-8-12-18/h3,5,7-8,11-12,19-25,33H,1,4,6,9-10,13-17H2,2H3/t20?,21-,22-,23+,24-,25?,29?/m1/s1. The molecule has 1 aromatic rings. The Bertz CT molecular complexity index is 1060. The zero-order chi connectivity index (χ0) is 27.0. The van der Waals surface area contributed by atoms with Gasteiger partial charge in [0.25, 0.3) is 0 Å². The maximum Gasteiger partial charge on any atom is 0.312 e. The number of carbonyl (C=O) groups is 3. The van der Waals surface area contributed by atoms with Crippen molar-refractivity contribution in [3.05, 3.63) is 48.6 Å². The summed E-state index contributed by atoms with van der Waals surface area (Å²) in [6, 6.07) is 7.56. The van der Waals surface area contributed by atoms with E-state index in [0.29, 0.717) is 13.0 Å². The van der Waals surface area contributed by atoms with Gasteiger partial charge in [-0.25, -0.2) is 0 Å². The van der Waals surface area contributed by atoms with Gasteiger partial charge in [-0.3, -0.25) is 14.4 Å². The number of aliphatic hydroxyl groups excluding tert-OH is 1. The Morgan fingerprint density at radius 1 is 1.29 bits per heavy atom. The highest BCUT2D eigenvalue weighted by Crippen LogP contribution is 2.61. The summed E-state index contributed by atoms with van der Waals surface area (Å²) in [7, 11) is 0. The van der Waals surface area contributed by atoms with Crippen LogP contribution in [-0.2, 0) is 23.9 Å². The largest absolute Gasteiger partial charge is 0.466 e. The highest BCUT2D eigenvalue weighted by Gasteiger charge is 2.77. The smallest absolute Gasteiger partial charge is 0.312 e. The lowest BCUT2D eigenvalue weighted by Gasteiger charge is -2.42. The maximum atomic E-state index is 14.7. The number of benzene rings is 1. The van der Waals surface area contributed by atoms with Crippen molar-refractivity contribution in [3.63, 3.8) is 0 Å². The van der Waals surface area contributed by atoms with Crippen molar-refractivity contribution < 1.29 is 29.0 Å². The highest BCUT2D eigenvalue weighted by atomic mass is 79.9. The van der Waals surface area contributed by atoms with Crippen LogP contribution in [0.1, 0.15) is 57.1 Å². The zero-order valence-electron chi connectivity index (χ0n) is 21.8. The summed E-state index contributed by atoms with van der Waals surface area (Å²) >= 11 is 3.69. The number of amides is 2. The summed E-state index contributed by atoms with van der Waals surface area (Å²) in [4.78, 5) is 45.4. The molecule has 3 saturated heterocycles. The van der Waals surface area contributed by atoms with E-state index in [1.807, 2.05) is 35.2 Å². The first-order valence-electron chi connectivity index (χ1n) is 13.8. The second-order valence-electron chi connectivity index (χ2n) is 10.8. The van der Waals surface area contributed by atoms with Gasteiger partial charge in [0.2, 0.25) is 11.8 Å². The summed E-state index contributed by atoms with van der Waals surface area (Å²) in [5.74, 6) is -2.70. The summed E-state index contributed by atoms with van der Waals surface area (Å²) < 4.78 is 12.0. The van der Waals surface area contributed by atoms with E-state index < -0.39 is 41.6 Å². The van der Waals surface area contributed by atoms with Crippen molar-refractivity contribution in [2.45, 2.75) is 80.1 Å². The fourth-order valence-electron chi connectivity index (χ4n) is 7.33. The maximum absolute atomic E-state index is 14.7. The Hall–Kier alpha value is -2.23. The predicted molar refractivity (Wildman–Crippen MR) is 144 cm³/mol. The van der Waals surface area contributed by atoms with Crippen LogP contribution in [0.4, 0.5) is 0 Å². The van der Waals surface area contributed by atoms with E-state index in [-0.39, 0.29) is 35.9 Å². The van der Waals surface area contributed by atoms with Gasteiger partial charge in [-0.1, -0.05) is 71.6 Å². The molecule has 1 aromatic carbocycles. The molecule has 1 spiro atoms. The van der Waals surface area contributed by atoms with E-state index in [1.165, 1.54) is 4.90 Å². The Balaban J connectivity index is 1.62. The summed E-state index contributed by atoms with van der Waals surface area (Å²) in [6.45, 7) is 5.82. The minimum absolute atomic E-state index is 0.0465. The third kappa shape index (κ3) is 4.31. The lowest BCUT2D eigenvalue weighted by molar-refractivity contribution is -0.156. The molecule has 1 N–H and O–H groups in total. The number of hydrogen-bond donors (Lipinski definition) is 1. The monoisotopic (exact) mass is 588 g/mol. The molecule has 0 radical (unpaired) electrons. The molecule has 38 heavy (non-hydrogen) atoms. The third-order valence-electron chi connectivity index (χ3n) is 8.84. The highest BCUT2D eigenvalue weighted by molar-refractivity contribution is 9.09. The van der Waals surface area contributed by atoms with Crippen LogP contribution in [0.5, 0.6) is 0 Å². The molecule has 4 fully saturated rings. The van der Waals surface area contributed by atoms with Crippen molar-refractivity contribution in [1.82, 2.24) is 9.80 Å². The van der Waals surface area contributed by atoms with E-state index in [1.54, 1.807) is 13.0 Å². The molecular weight excluding hydrogens is 552 g/mol. The fourth-order valence-corrected chi connectivity index (χ4v) is 8.27. The van der Waals surface area contributed by atoms with E-state index >= 15 is 0 Å². The molecule has 2 bridgehead atoms. The van der Waals surface area contributed by atoms with Crippen LogP contribution in [0, 0.1) is 11.8 Å². The average molecular weight is 590 g/mol. The summed E-state index contributed by atoms with van der Waals surface area (Å²) in [5.41, 5.74) is -0.469. The Morgan fingerprint density at radius 3 is 2.63 bits per heavy atom. The molecule has 8 nitrogen and oxygen atoms in total. The molecule has 4 aliphatic rings. The molecular formula is C29H37BrN2O6. The Morgan fingerprint density at radius 2 is 2.00 bits per heavy atom. The SMILES string of the molecule is C=CCN(C(=O)C1N([C@H](CO)c2ccccc2)C(=O)[C@@H]2[C@@H](C(=O)OCC)[C@@H]3OC12CC3Br)C1CCCCC1. The summed E-state index contributed by atoms with van der Waals surface area (Å²) in [6.07, 6.45) is 6.61. The molecule has 5 rings (SSSR count). The third-order valence-corrected chi connectivity index (χ3v) is 9.68. The normalized spacial score (nSPS) is 33.2. The number of likely N-dealkylation sites (tertiary alicyclic amines) is 1.